The lowest BCUT2D eigenvalue weighted by atomic mass is 10.2. The summed E-state index contributed by atoms with van der Waals surface area (Å²) in [6.45, 7) is -0.0307. The van der Waals surface area contributed by atoms with Gasteiger partial charge < -0.3 is 63.8 Å². The van der Waals surface area contributed by atoms with Gasteiger partial charge in [-0.3, -0.25) is 20.2 Å². The number of anilines is 10. The van der Waals surface area contributed by atoms with E-state index in [0.29, 0.717) is 11.4 Å². The number of nitro groups is 2. The summed E-state index contributed by atoms with van der Waals surface area (Å²) < 4.78 is 0. The number of hydrogen-bond donors (Lipinski definition) is 12. The number of carbonyl (C=O) groups is 6. The highest BCUT2D eigenvalue weighted by atomic mass is 16.6. The largest absolute Gasteiger partial charge is 0.336 e. The van der Waals surface area contributed by atoms with Crippen LogP contribution < -0.4 is 63.8 Å². The van der Waals surface area contributed by atoms with E-state index in [9.17, 15) is 49.0 Å². The number of nitro benzene ring substituents is 2. The van der Waals surface area contributed by atoms with E-state index in [0.717, 1.165) is 0 Å². The summed E-state index contributed by atoms with van der Waals surface area (Å²) in [4.78, 5) is 97.8. The van der Waals surface area contributed by atoms with Crippen LogP contribution in [0.2, 0.25) is 0 Å². The Kier molecular flexibility index (Phi) is 15.9. The topological polar surface area (TPSA) is 333 Å². The molecule has 24 heteroatoms. The fraction of sp³-hybridized carbons (Fsp3) is 0.0455. The molecule has 12 N–H and O–H groups in total. The summed E-state index contributed by atoms with van der Waals surface area (Å²) in [6, 6.07) is 31.8. The fourth-order valence-corrected chi connectivity index (χ4v) is 5.94. The van der Waals surface area contributed by atoms with Crippen molar-refractivity contribution in [3.63, 3.8) is 0 Å². The maximum Gasteiger partial charge on any atom is 0.323 e. The zero-order valence-electron chi connectivity index (χ0n) is 35.2. The number of carbonyl (C=O) groups excluding carboxylic acids is 6. The Morgan fingerprint density at radius 2 is 0.515 bits per heavy atom. The van der Waals surface area contributed by atoms with Crippen LogP contribution in [0, 0.1) is 20.2 Å². The predicted octanol–water partition coefficient (Wildman–Crippen LogP) is 9.02. The lowest BCUT2D eigenvalue weighted by Crippen LogP contribution is -2.38. The molecule has 6 aromatic carbocycles. The van der Waals surface area contributed by atoms with Crippen LogP contribution >= 0.6 is 0 Å². The Labute approximate surface area is 385 Å². The van der Waals surface area contributed by atoms with Crippen LogP contribution in [-0.4, -0.2) is 59.1 Å². The molecule has 0 heterocycles. The van der Waals surface area contributed by atoms with E-state index in [2.05, 4.69) is 63.8 Å². The zero-order chi connectivity index (χ0) is 48.4. The van der Waals surface area contributed by atoms with Crippen molar-refractivity contribution in [2.75, 3.05) is 66.3 Å². The molecule has 0 aliphatic carbocycles. The molecule has 0 bridgehead atoms. The molecule has 6 rings (SSSR count). The highest BCUT2D eigenvalue weighted by Gasteiger charge is 2.16. The molecule has 0 radical (unpaired) electrons. The van der Waals surface area contributed by atoms with Gasteiger partial charge in [0.25, 0.3) is 11.4 Å². The van der Waals surface area contributed by atoms with Crippen LogP contribution in [0.15, 0.2) is 146 Å². The third kappa shape index (κ3) is 14.1. The summed E-state index contributed by atoms with van der Waals surface area (Å²) in [5.41, 5.74) is 2.18. The molecule has 68 heavy (non-hydrogen) atoms. The van der Waals surface area contributed by atoms with Crippen molar-refractivity contribution in [1.82, 2.24) is 10.6 Å². The number of rotatable bonds is 15. The van der Waals surface area contributed by atoms with Crippen LogP contribution in [0.25, 0.3) is 0 Å². The summed E-state index contributed by atoms with van der Waals surface area (Å²) in [5.74, 6) is 0. The molecular weight excluding hydrogens is 885 g/mol. The number of hydrogen-bond acceptors (Lipinski definition) is 10. The van der Waals surface area contributed by atoms with Crippen molar-refractivity contribution in [2.24, 2.45) is 0 Å². The lowest BCUT2D eigenvalue weighted by Gasteiger charge is -2.16. The van der Waals surface area contributed by atoms with Gasteiger partial charge >= 0.3 is 36.2 Å². The molecule has 0 saturated heterocycles. The molecule has 346 valence electrons. The molecule has 6 aromatic rings. The van der Waals surface area contributed by atoms with Crippen LogP contribution in [0.5, 0.6) is 0 Å². The Hall–Kier alpha value is -10.3. The average Bonchev–Trinajstić information content (AvgIpc) is 3.30. The number of urea groups is 6. The van der Waals surface area contributed by atoms with Gasteiger partial charge in [-0.15, -0.1) is 0 Å². The van der Waals surface area contributed by atoms with E-state index in [1.807, 2.05) is 0 Å². The summed E-state index contributed by atoms with van der Waals surface area (Å²) in [7, 11) is 0. The molecule has 0 atom stereocenters. The molecule has 0 spiro atoms. The van der Waals surface area contributed by atoms with E-state index in [-0.39, 0.29) is 70.0 Å². The number of non-ortho nitro benzene ring substituents is 2. The van der Waals surface area contributed by atoms with Crippen molar-refractivity contribution >= 4 is 104 Å². The van der Waals surface area contributed by atoms with Gasteiger partial charge in [0.05, 0.1) is 55.3 Å². The number of nitrogens with zero attached hydrogens (tertiary/aromatic N) is 2. The smallest absolute Gasteiger partial charge is 0.323 e. The maximum atomic E-state index is 13.1. The van der Waals surface area contributed by atoms with Crippen molar-refractivity contribution in [1.29, 1.82) is 0 Å². The number of amides is 12. The summed E-state index contributed by atoms with van der Waals surface area (Å²) >= 11 is 0. The highest BCUT2D eigenvalue weighted by Crippen LogP contribution is 2.27. The van der Waals surface area contributed by atoms with Gasteiger partial charge in [-0.25, -0.2) is 28.8 Å². The highest BCUT2D eigenvalue weighted by molar-refractivity contribution is 6.09. The van der Waals surface area contributed by atoms with Crippen molar-refractivity contribution in [3.05, 3.63) is 166 Å². The first-order valence-corrected chi connectivity index (χ1v) is 20.1. The molecule has 0 aliphatic rings. The maximum absolute atomic E-state index is 13.1. The normalized spacial score (nSPS) is 10.2. The van der Waals surface area contributed by atoms with Gasteiger partial charge in [-0.2, -0.15) is 0 Å². The quantitative estimate of drug-likeness (QED) is 0.0263. The fourth-order valence-electron chi connectivity index (χ4n) is 5.94. The average molecular weight is 925 g/mol. The Balaban J connectivity index is 0.931. The first-order chi connectivity index (χ1) is 32.8. The van der Waals surface area contributed by atoms with Gasteiger partial charge in [0, 0.05) is 48.7 Å². The number of nitrogens with one attached hydrogen (secondary N) is 12. The number of benzene rings is 6. The van der Waals surface area contributed by atoms with Crippen LogP contribution in [0.3, 0.4) is 0 Å². The third-order valence-electron chi connectivity index (χ3n) is 9.06. The van der Waals surface area contributed by atoms with Gasteiger partial charge in [-0.05, 0) is 72.8 Å². The molecular formula is C44H40N14O10. The molecule has 0 aliphatic heterocycles. The minimum atomic E-state index is -0.708. The Morgan fingerprint density at radius 3 is 0.735 bits per heavy atom. The van der Waals surface area contributed by atoms with Gasteiger partial charge in [-0.1, -0.05) is 48.5 Å². The second kappa shape index (κ2) is 22.9. The second-order valence-corrected chi connectivity index (χ2v) is 13.9. The van der Waals surface area contributed by atoms with E-state index < -0.39 is 46.0 Å². The predicted molar refractivity (Wildman–Crippen MR) is 257 cm³/mol. The summed E-state index contributed by atoms with van der Waals surface area (Å²) in [6.07, 6.45) is 0. The molecule has 0 fully saturated rings. The molecule has 0 saturated carbocycles. The molecule has 24 nitrogen and oxygen atoms in total. The standard InChI is InChI=1S/C44H40N14O10/c59-39(49-31-9-1-3-11-33(31)53-43(63)55-37-15-7-5-13-35(37)51-41(61)47-27-17-21-29(22-18-27)57(65)66)45-25-26-46-40(60)50-32-10-2-4-12-34(32)54-44(64)56-38-16-8-6-14-36(38)52-42(62)48-28-19-23-30(24-20-28)58(67)68/h1-24H,25-26H2,(H2,45,49,59)(H2,46,50,60)(H2,47,51,61)(H2,48,52,62)(H2,53,55,63)(H2,54,56,64). The minimum absolute atomic E-state index is 0.0153. The van der Waals surface area contributed by atoms with Crippen LogP contribution in [0.4, 0.5) is 97.0 Å². The Morgan fingerprint density at radius 1 is 0.309 bits per heavy atom. The van der Waals surface area contributed by atoms with Gasteiger partial charge in [0.2, 0.25) is 0 Å². The molecule has 0 aromatic heterocycles. The van der Waals surface area contributed by atoms with Crippen molar-refractivity contribution in [3.8, 4) is 0 Å². The van der Waals surface area contributed by atoms with E-state index in [1.165, 1.54) is 48.5 Å². The van der Waals surface area contributed by atoms with E-state index in [1.54, 1.807) is 97.1 Å². The monoisotopic (exact) mass is 924 g/mol. The van der Waals surface area contributed by atoms with Gasteiger partial charge in [0.1, 0.15) is 0 Å². The zero-order valence-corrected chi connectivity index (χ0v) is 35.2. The lowest BCUT2D eigenvalue weighted by molar-refractivity contribution is -0.385. The minimum Gasteiger partial charge on any atom is -0.336 e. The second-order valence-electron chi connectivity index (χ2n) is 13.9. The van der Waals surface area contributed by atoms with Crippen molar-refractivity contribution in [2.45, 2.75) is 0 Å². The Bertz CT molecular complexity index is 2650. The third-order valence-corrected chi connectivity index (χ3v) is 9.06. The first-order valence-electron chi connectivity index (χ1n) is 20.1. The van der Waals surface area contributed by atoms with E-state index in [4.69, 9.17) is 0 Å². The summed E-state index contributed by atoms with van der Waals surface area (Å²) in [5, 5.41) is 53.2. The van der Waals surface area contributed by atoms with E-state index >= 15 is 0 Å². The molecule has 12 amide bonds. The van der Waals surface area contributed by atoms with Crippen LogP contribution in [-0.2, 0) is 0 Å². The number of para-hydroxylation sites is 8. The van der Waals surface area contributed by atoms with Gasteiger partial charge in [0.15, 0.2) is 0 Å². The first kappa shape index (κ1) is 47.2. The SMILES string of the molecule is O=C(NCCNC(=O)Nc1ccccc1NC(=O)Nc1ccccc1NC(=O)Nc1ccc([N+](=O)[O-])cc1)Nc1ccccc1NC(=O)Nc1ccccc1NC(=O)Nc1ccc([N+](=O)[O-])cc1. The van der Waals surface area contributed by atoms with Crippen LogP contribution in [0.1, 0.15) is 0 Å². The van der Waals surface area contributed by atoms with Crippen molar-refractivity contribution < 1.29 is 38.6 Å². The molecule has 0 unspecified atom stereocenters.